The minimum absolute atomic E-state index is 0.188. The largest absolute Gasteiger partial charge is 0.465 e. The third kappa shape index (κ3) is 4.57. The van der Waals surface area contributed by atoms with E-state index in [9.17, 15) is 18.0 Å². The Balaban J connectivity index is 1.25. The molecule has 31 heavy (non-hydrogen) atoms. The second kappa shape index (κ2) is 9.07. The highest BCUT2D eigenvalue weighted by Gasteiger charge is 2.32. The maximum Gasteiger partial charge on any atom is 0.419 e. The van der Waals surface area contributed by atoms with E-state index in [0.717, 1.165) is 0 Å². The maximum atomic E-state index is 12.7. The molecule has 1 aliphatic heterocycles. The first-order valence-electron chi connectivity index (χ1n) is 10.3. The van der Waals surface area contributed by atoms with Crippen LogP contribution < -0.4 is 5.76 Å². The van der Waals surface area contributed by atoms with Crippen LogP contribution >= 0.6 is 0 Å². The summed E-state index contributed by atoms with van der Waals surface area (Å²) >= 11 is 0. The van der Waals surface area contributed by atoms with Crippen molar-refractivity contribution < 1.29 is 22.4 Å². The van der Waals surface area contributed by atoms with Crippen molar-refractivity contribution in [1.29, 1.82) is 0 Å². The molecule has 3 aromatic rings. The van der Waals surface area contributed by atoms with E-state index in [2.05, 4.69) is 0 Å². The highest BCUT2D eigenvalue weighted by molar-refractivity contribution is 7.89. The lowest BCUT2D eigenvalue weighted by atomic mass is 9.98. The molecule has 8 nitrogen and oxygen atoms in total. The Bertz CT molecular complexity index is 1210. The number of benzene rings is 2. The van der Waals surface area contributed by atoms with Gasteiger partial charge in [-0.25, -0.2) is 13.2 Å². The minimum atomic E-state index is -3.54. The number of aromatic nitrogens is 1. The predicted molar refractivity (Wildman–Crippen MR) is 114 cm³/mol. The Hall–Kier alpha value is -2.91. The van der Waals surface area contributed by atoms with Gasteiger partial charge >= 0.3 is 11.7 Å². The van der Waals surface area contributed by atoms with Gasteiger partial charge in [0.15, 0.2) is 5.58 Å². The molecule has 2 heterocycles. The first-order chi connectivity index (χ1) is 15.0. The van der Waals surface area contributed by atoms with Crippen molar-refractivity contribution in [3.8, 4) is 0 Å². The number of piperidine rings is 1. The van der Waals surface area contributed by atoms with E-state index in [-0.39, 0.29) is 36.5 Å². The third-order valence-corrected chi connectivity index (χ3v) is 7.43. The molecule has 0 unspecified atom stereocenters. The topological polar surface area (TPSA) is 98.8 Å². The van der Waals surface area contributed by atoms with Gasteiger partial charge in [0.05, 0.1) is 22.9 Å². The van der Waals surface area contributed by atoms with Crippen LogP contribution in [0.15, 0.2) is 68.7 Å². The molecule has 0 atom stereocenters. The monoisotopic (exact) mass is 444 g/mol. The molecule has 0 amide bonds. The first-order valence-corrected chi connectivity index (χ1v) is 11.7. The van der Waals surface area contributed by atoms with Crippen LogP contribution in [-0.2, 0) is 26.1 Å². The number of nitrogens with zero attached hydrogens (tertiary/aromatic N) is 2. The maximum absolute atomic E-state index is 12.7. The normalized spacial score (nSPS) is 15.9. The second-order valence-corrected chi connectivity index (χ2v) is 9.44. The molecule has 1 aromatic heterocycles. The average molecular weight is 445 g/mol. The quantitative estimate of drug-likeness (QED) is 0.410. The lowest BCUT2D eigenvalue weighted by molar-refractivity contribution is -0.150. The molecule has 2 aromatic carbocycles. The molecule has 0 saturated carbocycles. The number of hydrogen-bond donors (Lipinski definition) is 0. The number of esters is 1. The number of carbonyl (C=O) groups excluding carboxylic acids is 1. The SMILES string of the molecule is O=C(OCCCn1c(=O)oc2ccccc21)C1CCN(S(=O)(=O)c2ccccc2)CC1. The standard InChI is InChI=1S/C22H24N2O6S/c25-21(29-16-6-13-24-19-9-4-5-10-20(19)30-22(24)26)17-11-14-23(15-12-17)31(27,28)18-7-2-1-3-8-18/h1-5,7-10,17H,6,11-16H2. The van der Waals surface area contributed by atoms with Crippen LogP contribution in [-0.4, -0.2) is 43.0 Å². The first kappa shape index (κ1) is 21.3. The van der Waals surface area contributed by atoms with Gasteiger partial charge in [0, 0.05) is 19.6 Å². The van der Waals surface area contributed by atoms with Crippen molar-refractivity contribution in [2.24, 2.45) is 5.92 Å². The summed E-state index contributed by atoms with van der Waals surface area (Å²) in [6.07, 6.45) is 1.34. The molecule has 1 aliphatic rings. The number of carbonyl (C=O) groups is 1. The van der Waals surface area contributed by atoms with E-state index < -0.39 is 15.8 Å². The van der Waals surface area contributed by atoms with Gasteiger partial charge in [-0.1, -0.05) is 30.3 Å². The molecule has 0 N–H and O–H groups in total. The molecule has 0 spiro atoms. The number of fused-ring (bicyclic) bond motifs is 1. The molecule has 0 radical (unpaired) electrons. The van der Waals surface area contributed by atoms with Crippen molar-refractivity contribution in [3.05, 3.63) is 65.1 Å². The minimum Gasteiger partial charge on any atom is -0.465 e. The van der Waals surface area contributed by atoms with Crippen LogP contribution in [0.25, 0.3) is 11.1 Å². The summed E-state index contributed by atoms with van der Waals surface area (Å²) in [4.78, 5) is 24.6. The molecule has 9 heteroatoms. The number of rotatable bonds is 7. The van der Waals surface area contributed by atoms with Crippen LogP contribution in [0.1, 0.15) is 19.3 Å². The van der Waals surface area contributed by atoms with E-state index in [1.165, 1.54) is 8.87 Å². The summed E-state index contributed by atoms with van der Waals surface area (Å²) in [5.41, 5.74) is 1.24. The Morgan fingerprint density at radius 1 is 1.03 bits per heavy atom. The number of oxazole rings is 1. The van der Waals surface area contributed by atoms with Gasteiger partial charge in [0.2, 0.25) is 10.0 Å². The Morgan fingerprint density at radius 3 is 2.45 bits per heavy atom. The molecular formula is C22H24N2O6S. The van der Waals surface area contributed by atoms with Crippen molar-refractivity contribution in [2.45, 2.75) is 30.7 Å². The third-order valence-electron chi connectivity index (χ3n) is 5.51. The number of ether oxygens (including phenoxy) is 1. The summed E-state index contributed by atoms with van der Waals surface area (Å²) in [5.74, 6) is -1.07. The summed E-state index contributed by atoms with van der Waals surface area (Å²) in [5, 5.41) is 0. The summed E-state index contributed by atoms with van der Waals surface area (Å²) in [7, 11) is -3.54. The van der Waals surface area contributed by atoms with Gasteiger partial charge in [-0.15, -0.1) is 0 Å². The smallest absolute Gasteiger partial charge is 0.419 e. The van der Waals surface area contributed by atoms with E-state index in [4.69, 9.17) is 9.15 Å². The highest BCUT2D eigenvalue weighted by atomic mass is 32.2. The highest BCUT2D eigenvalue weighted by Crippen LogP contribution is 2.24. The lowest BCUT2D eigenvalue weighted by Crippen LogP contribution is -2.40. The van der Waals surface area contributed by atoms with Crippen molar-refractivity contribution >= 4 is 27.1 Å². The Labute approximate surface area is 180 Å². The molecule has 4 rings (SSSR count). The van der Waals surface area contributed by atoms with E-state index in [1.807, 2.05) is 12.1 Å². The van der Waals surface area contributed by atoms with Gasteiger partial charge in [0.1, 0.15) is 0 Å². The Morgan fingerprint density at radius 2 is 1.71 bits per heavy atom. The van der Waals surface area contributed by atoms with Gasteiger partial charge in [-0.05, 0) is 43.5 Å². The number of sulfonamides is 1. The van der Waals surface area contributed by atoms with Crippen molar-refractivity contribution in [2.75, 3.05) is 19.7 Å². The van der Waals surface area contributed by atoms with E-state index in [1.54, 1.807) is 42.5 Å². The summed E-state index contributed by atoms with van der Waals surface area (Å²) < 4.78 is 38.9. The number of para-hydroxylation sites is 2. The zero-order chi connectivity index (χ0) is 21.8. The summed E-state index contributed by atoms with van der Waals surface area (Å²) in [6.45, 7) is 1.14. The molecule has 1 fully saturated rings. The fourth-order valence-electron chi connectivity index (χ4n) is 3.81. The Kier molecular flexibility index (Phi) is 6.24. The zero-order valence-corrected chi connectivity index (χ0v) is 17.8. The number of hydrogen-bond acceptors (Lipinski definition) is 6. The molecular weight excluding hydrogens is 420 g/mol. The van der Waals surface area contributed by atoms with Gasteiger partial charge in [0.25, 0.3) is 0 Å². The van der Waals surface area contributed by atoms with E-state index >= 15 is 0 Å². The van der Waals surface area contributed by atoms with E-state index in [0.29, 0.717) is 36.9 Å². The molecule has 164 valence electrons. The molecule has 1 saturated heterocycles. The fourth-order valence-corrected chi connectivity index (χ4v) is 5.30. The molecule has 0 aliphatic carbocycles. The van der Waals surface area contributed by atoms with Crippen LogP contribution in [0, 0.1) is 5.92 Å². The van der Waals surface area contributed by atoms with Gasteiger partial charge < -0.3 is 9.15 Å². The van der Waals surface area contributed by atoms with Gasteiger partial charge in [-0.2, -0.15) is 4.31 Å². The second-order valence-electron chi connectivity index (χ2n) is 7.50. The van der Waals surface area contributed by atoms with Crippen molar-refractivity contribution in [1.82, 2.24) is 8.87 Å². The predicted octanol–water partition coefficient (Wildman–Crippen LogP) is 2.63. The van der Waals surface area contributed by atoms with Crippen molar-refractivity contribution in [3.63, 3.8) is 0 Å². The number of aryl methyl sites for hydroxylation is 1. The fraction of sp³-hybridized carbons (Fsp3) is 0.364. The van der Waals surface area contributed by atoms with Crippen LogP contribution in [0.5, 0.6) is 0 Å². The van der Waals surface area contributed by atoms with Crippen LogP contribution in [0.4, 0.5) is 0 Å². The van der Waals surface area contributed by atoms with Crippen LogP contribution in [0.2, 0.25) is 0 Å². The molecule has 0 bridgehead atoms. The summed E-state index contributed by atoms with van der Waals surface area (Å²) in [6, 6.07) is 15.5. The lowest BCUT2D eigenvalue weighted by Gasteiger charge is -2.30. The average Bonchev–Trinajstić information content (AvgIpc) is 3.12. The van der Waals surface area contributed by atoms with Crippen LogP contribution in [0.3, 0.4) is 0 Å². The van der Waals surface area contributed by atoms with Gasteiger partial charge in [-0.3, -0.25) is 9.36 Å². The zero-order valence-electron chi connectivity index (χ0n) is 17.0.